The van der Waals surface area contributed by atoms with Crippen LogP contribution in [0.5, 0.6) is 0 Å². The maximum atomic E-state index is 10.7. The first-order valence-electron chi connectivity index (χ1n) is 4.30. The largest absolute Gasteiger partial charge is 0.433 e. The molecule has 0 heterocycles. The van der Waals surface area contributed by atoms with Crippen molar-refractivity contribution in [2.24, 2.45) is 0 Å². The molecule has 0 saturated carbocycles. The summed E-state index contributed by atoms with van der Waals surface area (Å²) in [6.45, 7) is 6.82. The summed E-state index contributed by atoms with van der Waals surface area (Å²) in [7, 11) is 0. The van der Waals surface area contributed by atoms with E-state index in [1.54, 1.807) is 13.8 Å². The van der Waals surface area contributed by atoms with Crippen LogP contribution >= 0.6 is 0 Å². The Labute approximate surface area is 78.2 Å². The minimum absolute atomic E-state index is 0.460. The molecule has 0 radical (unpaired) electrons. The third-order valence-electron chi connectivity index (χ3n) is 1.41. The smallest absolute Gasteiger partial charge is 0.332 e. The lowest BCUT2D eigenvalue weighted by Gasteiger charge is -2.18. The molecular formula is C9H16O4. The van der Waals surface area contributed by atoms with Gasteiger partial charge in [-0.3, -0.25) is 0 Å². The molecule has 13 heavy (non-hydrogen) atoms. The van der Waals surface area contributed by atoms with Crippen molar-refractivity contribution in [3.63, 3.8) is 0 Å². The van der Waals surface area contributed by atoms with Crippen LogP contribution in [0.3, 0.4) is 0 Å². The predicted molar refractivity (Wildman–Crippen MR) is 47.8 cm³/mol. The Morgan fingerprint density at radius 1 is 1.54 bits per heavy atom. The number of hydrogen-bond acceptors (Lipinski definition) is 4. The van der Waals surface area contributed by atoms with Crippen LogP contribution in [0.15, 0.2) is 12.7 Å². The van der Waals surface area contributed by atoms with Crippen molar-refractivity contribution in [1.29, 1.82) is 0 Å². The Bertz CT molecular complexity index is 167. The van der Waals surface area contributed by atoms with Gasteiger partial charge in [-0.2, -0.15) is 0 Å². The number of rotatable bonds is 6. The van der Waals surface area contributed by atoms with Crippen LogP contribution in [0, 0.1) is 0 Å². The van der Waals surface area contributed by atoms with Crippen LogP contribution in [-0.4, -0.2) is 23.7 Å². The molecule has 0 amide bonds. The highest BCUT2D eigenvalue weighted by Gasteiger charge is 2.14. The fourth-order valence-corrected chi connectivity index (χ4v) is 0.656. The van der Waals surface area contributed by atoms with E-state index in [0.717, 1.165) is 6.08 Å². The fourth-order valence-electron chi connectivity index (χ4n) is 0.656. The Hall–Kier alpha value is -0.870. The second-order valence-electron chi connectivity index (χ2n) is 2.48. The molecule has 0 aromatic rings. The molecule has 76 valence electrons. The molecule has 4 heteroatoms. The van der Waals surface area contributed by atoms with Gasteiger partial charge in [0.2, 0.25) is 6.29 Å². The van der Waals surface area contributed by atoms with Crippen LogP contribution in [-0.2, 0) is 14.3 Å². The zero-order chi connectivity index (χ0) is 10.3. The maximum Gasteiger partial charge on any atom is 0.332 e. The van der Waals surface area contributed by atoms with Crippen molar-refractivity contribution in [3.8, 4) is 0 Å². The average molecular weight is 188 g/mol. The molecule has 0 fully saturated rings. The van der Waals surface area contributed by atoms with Gasteiger partial charge in [-0.05, 0) is 6.42 Å². The van der Waals surface area contributed by atoms with E-state index in [1.807, 2.05) is 0 Å². The SMILES string of the molecule is C=CC(=O)OC(CC)OC(O)CC. The van der Waals surface area contributed by atoms with Gasteiger partial charge in [0, 0.05) is 12.5 Å². The molecule has 0 aromatic heterocycles. The number of carbonyl (C=O) groups is 1. The van der Waals surface area contributed by atoms with Crippen LogP contribution < -0.4 is 0 Å². The Kier molecular flexibility index (Phi) is 6.18. The molecule has 0 rings (SSSR count). The van der Waals surface area contributed by atoms with Gasteiger partial charge in [-0.25, -0.2) is 4.79 Å². The van der Waals surface area contributed by atoms with Crippen molar-refractivity contribution >= 4 is 5.97 Å². The van der Waals surface area contributed by atoms with E-state index in [1.165, 1.54) is 0 Å². The first kappa shape index (κ1) is 12.1. The standard InChI is InChI=1S/C9H16O4/c1-4-7(10)12-9(6-3)13-8(11)5-2/h4,8-9,11H,1,5-6H2,2-3H3. The lowest BCUT2D eigenvalue weighted by molar-refractivity contribution is -0.224. The van der Waals surface area contributed by atoms with Gasteiger partial charge in [0.1, 0.15) is 0 Å². The third-order valence-corrected chi connectivity index (χ3v) is 1.41. The van der Waals surface area contributed by atoms with Crippen molar-refractivity contribution in [1.82, 2.24) is 0 Å². The molecule has 2 atom stereocenters. The summed E-state index contributed by atoms with van der Waals surface area (Å²) in [5, 5.41) is 9.11. The van der Waals surface area contributed by atoms with Gasteiger partial charge in [-0.15, -0.1) is 0 Å². The van der Waals surface area contributed by atoms with Gasteiger partial charge in [0.15, 0.2) is 6.29 Å². The van der Waals surface area contributed by atoms with Crippen LogP contribution in [0.25, 0.3) is 0 Å². The summed E-state index contributed by atoms with van der Waals surface area (Å²) >= 11 is 0. The Morgan fingerprint density at radius 3 is 2.54 bits per heavy atom. The maximum absolute atomic E-state index is 10.7. The van der Waals surface area contributed by atoms with Gasteiger partial charge in [-0.1, -0.05) is 20.4 Å². The zero-order valence-electron chi connectivity index (χ0n) is 8.03. The van der Waals surface area contributed by atoms with Gasteiger partial charge < -0.3 is 14.6 Å². The molecule has 0 spiro atoms. The van der Waals surface area contributed by atoms with E-state index < -0.39 is 18.5 Å². The van der Waals surface area contributed by atoms with Crippen molar-refractivity contribution < 1.29 is 19.4 Å². The summed E-state index contributed by atoms with van der Waals surface area (Å²) in [6.07, 6.45) is 0.436. The summed E-state index contributed by atoms with van der Waals surface area (Å²) in [5.41, 5.74) is 0. The van der Waals surface area contributed by atoms with Gasteiger partial charge >= 0.3 is 5.97 Å². The first-order chi connectivity index (χ1) is 6.13. The molecule has 0 aromatic carbocycles. The number of esters is 1. The number of hydrogen-bond donors (Lipinski definition) is 1. The van der Waals surface area contributed by atoms with E-state index in [-0.39, 0.29) is 0 Å². The van der Waals surface area contributed by atoms with E-state index in [2.05, 4.69) is 6.58 Å². The summed E-state index contributed by atoms with van der Waals surface area (Å²) in [5.74, 6) is -0.546. The lowest BCUT2D eigenvalue weighted by atomic mass is 10.4. The Balaban J connectivity index is 3.88. The summed E-state index contributed by atoms with van der Waals surface area (Å²) in [4.78, 5) is 10.7. The van der Waals surface area contributed by atoms with Crippen LogP contribution in [0.2, 0.25) is 0 Å². The first-order valence-corrected chi connectivity index (χ1v) is 4.30. The minimum atomic E-state index is -0.887. The fraction of sp³-hybridized carbons (Fsp3) is 0.667. The molecular weight excluding hydrogens is 172 g/mol. The van der Waals surface area contributed by atoms with Crippen molar-refractivity contribution in [3.05, 3.63) is 12.7 Å². The molecule has 0 bridgehead atoms. The second-order valence-corrected chi connectivity index (χ2v) is 2.48. The van der Waals surface area contributed by atoms with Crippen LogP contribution in [0.4, 0.5) is 0 Å². The average Bonchev–Trinajstić information content (AvgIpc) is 2.16. The zero-order valence-corrected chi connectivity index (χ0v) is 8.03. The molecule has 4 nitrogen and oxygen atoms in total. The molecule has 1 N–H and O–H groups in total. The molecule has 0 aliphatic heterocycles. The molecule has 0 saturated heterocycles. The van der Waals surface area contributed by atoms with E-state index in [0.29, 0.717) is 12.8 Å². The second kappa shape index (κ2) is 6.62. The highest BCUT2D eigenvalue weighted by atomic mass is 16.7. The van der Waals surface area contributed by atoms with Crippen molar-refractivity contribution in [2.75, 3.05) is 0 Å². The lowest BCUT2D eigenvalue weighted by Crippen LogP contribution is -2.25. The van der Waals surface area contributed by atoms with E-state index >= 15 is 0 Å². The summed E-state index contributed by atoms with van der Waals surface area (Å²) in [6, 6.07) is 0. The normalized spacial score (nSPS) is 14.7. The van der Waals surface area contributed by atoms with E-state index in [4.69, 9.17) is 14.6 Å². The molecule has 0 aliphatic carbocycles. The number of ether oxygens (including phenoxy) is 2. The van der Waals surface area contributed by atoms with Gasteiger partial charge in [0.25, 0.3) is 0 Å². The summed E-state index contributed by atoms with van der Waals surface area (Å²) < 4.78 is 9.77. The quantitative estimate of drug-likeness (QED) is 0.386. The highest BCUT2D eigenvalue weighted by Crippen LogP contribution is 2.05. The van der Waals surface area contributed by atoms with Crippen molar-refractivity contribution in [2.45, 2.75) is 39.3 Å². The molecule has 2 unspecified atom stereocenters. The molecule has 0 aliphatic rings. The minimum Gasteiger partial charge on any atom is -0.433 e. The predicted octanol–water partition coefficient (Wildman–Crippen LogP) is 1.20. The van der Waals surface area contributed by atoms with Gasteiger partial charge in [0.05, 0.1) is 0 Å². The van der Waals surface area contributed by atoms with Crippen LogP contribution in [0.1, 0.15) is 26.7 Å². The number of aliphatic hydroxyl groups excluding tert-OH is 1. The number of aliphatic hydroxyl groups is 1. The topological polar surface area (TPSA) is 55.8 Å². The monoisotopic (exact) mass is 188 g/mol. The third kappa shape index (κ3) is 5.38. The van der Waals surface area contributed by atoms with E-state index in [9.17, 15) is 4.79 Å². The number of carbonyl (C=O) groups excluding carboxylic acids is 1. The highest BCUT2D eigenvalue weighted by molar-refractivity contribution is 5.81. The Morgan fingerprint density at radius 2 is 2.15 bits per heavy atom.